The van der Waals surface area contributed by atoms with Crippen molar-refractivity contribution >= 4 is 18.3 Å². The summed E-state index contributed by atoms with van der Waals surface area (Å²) in [7, 11) is 0. The minimum atomic E-state index is -0.281. The molecule has 3 aliphatic rings. The number of amides is 1. The van der Waals surface area contributed by atoms with Crippen molar-refractivity contribution < 1.29 is 9.18 Å². The molecule has 2 aliphatic heterocycles. The molecule has 3 nitrogen and oxygen atoms in total. The van der Waals surface area contributed by atoms with Crippen LogP contribution in [0.1, 0.15) is 63.4 Å². The molecule has 0 radical (unpaired) electrons. The summed E-state index contributed by atoms with van der Waals surface area (Å²) < 4.78 is 13.3. The first-order valence-corrected chi connectivity index (χ1v) is 9.46. The van der Waals surface area contributed by atoms with Crippen LogP contribution in [0, 0.1) is 11.7 Å². The highest BCUT2D eigenvalue weighted by molar-refractivity contribution is 5.85. The minimum Gasteiger partial charge on any atom is -0.347 e. The molecule has 1 saturated carbocycles. The molecule has 5 heteroatoms. The number of halogens is 2. The molecular weight excluding hydrogens is 339 g/mol. The maximum atomic E-state index is 13.3. The van der Waals surface area contributed by atoms with E-state index in [1.165, 1.54) is 25.0 Å². The van der Waals surface area contributed by atoms with E-state index in [1.54, 1.807) is 0 Å². The van der Waals surface area contributed by atoms with Crippen molar-refractivity contribution in [2.24, 2.45) is 5.92 Å². The normalized spacial score (nSPS) is 29.9. The van der Waals surface area contributed by atoms with E-state index in [-0.39, 0.29) is 29.7 Å². The van der Waals surface area contributed by atoms with Crippen LogP contribution < -0.4 is 10.6 Å². The van der Waals surface area contributed by atoms with Gasteiger partial charge in [-0.25, -0.2) is 4.39 Å². The van der Waals surface area contributed by atoms with Gasteiger partial charge in [-0.1, -0.05) is 25.0 Å². The summed E-state index contributed by atoms with van der Waals surface area (Å²) in [5.74, 6) is 0.464. The van der Waals surface area contributed by atoms with E-state index < -0.39 is 0 Å². The van der Waals surface area contributed by atoms with E-state index in [0.29, 0.717) is 24.4 Å². The SMILES string of the molecule is Cl.O=C(CC1CC2CCC(C1)N2)NC1(c2ccc(F)cc2)CCCC1. The summed E-state index contributed by atoms with van der Waals surface area (Å²) in [6, 6.07) is 7.94. The zero-order valence-electron chi connectivity index (χ0n) is 14.6. The van der Waals surface area contributed by atoms with Crippen molar-refractivity contribution in [2.45, 2.75) is 75.4 Å². The Morgan fingerprint density at radius 1 is 1.12 bits per heavy atom. The average molecular weight is 367 g/mol. The van der Waals surface area contributed by atoms with Gasteiger partial charge in [-0.3, -0.25) is 4.79 Å². The first-order valence-electron chi connectivity index (χ1n) is 9.46. The van der Waals surface area contributed by atoms with Gasteiger partial charge in [0.2, 0.25) is 5.91 Å². The number of carbonyl (C=O) groups excluding carboxylic acids is 1. The third-order valence-electron chi connectivity index (χ3n) is 6.28. The molecule has 1 amide bonds. The highest BCUT2D eigenvalue weighted by Gasteiger charge is 2.39. The fraction of sp³-hybridized carbons (Fsp3) is 0.650. The first-order chi connectivity index (χ1) is 11.6. The van der Waals surface area contributed by atoms with Crippen molar-refractivity contribution in [1.29, 1.82) is 0 Å². The van der Waals surface area contributed by atoms with Gasteiger partial charge in [-0.05, 0) is 62.1 Å². The van der Waals surface area contributed by atoms with Gasteiger partial charge < -0.3 is 10.6 Å². The van der Waals surface area contributed by atoms with Crippen LogP contribution >= 0.6 is 12.4 Å². The molecular formula is C20H28ClFN2O. The molecule has 2 unspecified atom stereocenters. The Morgan fingerprint density at radius 2 is 1.72 bits per heavy atom. The van der Waals surface area contributed by atoms with Crippen molar-refractivity contribution in [1.82, 2.24) is 10.6 Å². The molecule has 0 aromatic heterocycles. The Kier molecular flexibility index (Phi) is 5.69. The Bertz CT molecular complexity index is 588. The second-order valence-electron chi connectivity index (χ2n) is 8.02. The molecule has 2 atom stereocenters. The van der Waals surface area contributed by atoms with E-state index in [4.69, 9.17) is 0 Å². The summed E-state index contributed by atoms with van der Waals surface area (Å²) >= 11 is 0. The van der Waals surface area contributed by atoms with E-state index in [0.717, 1.165) is 44.1 Å². The molecule has 1 aliphatic carbocycles. The largest absolute Gasteiger partial charge is 0.347 e. The number of fused-ring (bicyclic) bond motifs is 2. The van der Waals surface area contributed by atoms with E-state index in [2.05, 4.69) is 10.6 Å². The third-order valence-corrected chi connectivity index (χ3v) is 6.28. The topological polar surface area (TPSA) is 41.1 Å². The minimum absolute atomic E-state index is 0. The van der Waals surface area contributed by atoms with Crippen LogP contribution in [0.5, 0.6) is 0 Å². The molecule has 4 rings (SSSR count). The standard InChI is InChI=1S/C20H27FN2O.ClH/c21-16-5-3-15(4-6-16)20(9-1-2-10-20)23-19(24)13-14-11-17-7-8-18(12-14)22-17;/h3-6,14,17-18,22H,1-2,7-13H2,(H,23,24);1H. The van der Waals surface area contributed by atoms with Crippen molar-refractivity contribution in [3.8, 4) is 0 Å². The van der Waals surface area contributed by atoms with Crippen molar-refractivity contribution in [3.05, 3.63) is 35.6 Å². The molecule has 2 bridgehead atoms. The van der Waals surface area contributed by atoms with Crippen LogP contribution in [0.2, 0.25) is 0 Å². The number of piperidine rings is 1. The number of benzene rings is 1. The predicted octanol–water partition coefficient (Wildman–Crippen LogP) is 4.05. The molecule has 3 fully saturated rings. The number of nitrogens with one attached hydrogen (secondary N) is 2. The summed E-state index contributed by atoms with van der Waals surface area (Å²) in [6.45, 7) is 0. The zero-order chi connectivity index (χ0) is 16.6. The molecule has 138 valence electrons. The smallest absolute Gasteiger partial charge is 0.220 e. The van der Waals surface area contributed by atoms with Crippen LogP contribution in [0.25, 0.3) is 0 Å². The van der Waals surface area contributed by atoms with Gasteiger partial charge in [0.05, 0.1) is 5.54 Å². The van der Waals surface area contributed by atoms with Gasteiger partial charge >= 0.3 is 0 Å². The Balaban J connectivity index is 0.00000182. The highest BCUT2D eigenvalue weighted by Crippen LogP contribution is 2.39. The number of hydrogen-bond donors (Lipinski definition) is 2. The summed E-state index contributed by atoms with van der Waals surface area (Å²) in [5, 5.41) is 6.98. The maximum absolute atomic E-state index is 13.3. The van der Waals surface area contributed by atoms with Crippen molar-refractivity contribution in [3.63, 3.8) is 0 Å². The Hall–Kier alpha value is -1.13. The Labute approximate surface area is 155 Å². The summed E-state index contributed by atoms with van der Waals surface area (Å²) in [6.07, 6.45) is 9.59. The highest BCUT2D eigenvalue weighted by atomic mass is 35.5. The summed E-state index contributed by atoms with van der Waals surface area (Å²) in [5.41, 5.74) is 0.775. The van der Waals surface area contributed by atoms with Crippen LogP contribution in [-0.2, 0) is 10.3 Å². The predicted molar refractivity (Wildman–Crippen MR) is 99.2 cm³/mol. The second-order valence-corrected chi connectivity index (χ2v) is 8.02. The van der Waals surface area contributed by atoms with Gasteiger partial charge in [-0.15, -0.1) is 12.4 Å². The lowest BCUT2D eigenvalue weighted by Gasteiger charge is -2.33. The summed E-state index contributed by atoms with van der Waals surface area (Å²) in [4.78, 5) is 12.7. The number of carbonyl (C=O) groups is 1. The number of rotatable bonds is 4. The van der Waals surface area contributed by atoms with E-state index in [1.807, 2.05) is 12.1 Å². The zero-order valence-corrected chi connectivity index (χ0v) is 15.4. The second kappa shape index (κ2) is 7.63. The third kappa shape index (κ3) is 4.01. The van der Waals surface area contributed by atoms with Crippen LogP contribution in [-0.4, -0.2) is 18.0 Å². The van der Waals surface area contributed by atoms with E-state index >= 15 is 0 Å². The average Bonchev–Trinajstić information content (AvgIpc) is 3.15. The van der Waals surface area contributed by atoms with Gasteiger partial charge in [0.15, 0.2) is 0 Å². The molecule has 2 heterocycles. The molecule has 25 heavy (non-hydrogen) atoms. The Morgan fingerprint density at radius 3 is 2.32 bits per heavy atom. The molecule has 2 saturated heterocycles. The van der Waals surface area contributed by atoms with E-state index in [9.17, 15) is 9.18 Å². The number of hydrogen-bond acceptors (Lipinski definition) is 2. The quantitative estimate of drug-likeness (QED) is 0.843. The van der Waals surface area contributed by atoms with Crippen LogP contribution in [0.15, 0.2) is 24.3 Å². The lowest BCUT2D eigenvalue weighted by atomic mass is 9.86. The van der Waals surface area contributed by atoms with Gasteiger partial charge in [-0.2, -0.15) is 0 Å². The first kappa shape index (κ1) is 18.7. The fourth-order valence-corrected chi connectivity index (χ4v) is 5.16. The molecule has 1 aromatic rings. The molecule has 0 spiro atoms. The monoisotopic (exact) mass is 366 g/mol. The van der Waals surface area contributed by atoms with Crippen LogP contribution in [0.4, 0.5) is 4.39 Å². The lowest BCUT2D eigenvalue weighted by Crippen LogP contribution is -2.45. The van der Waals surface area contributed by atoms with Gasteiger partial charge in [0.1, 0.15) is 5.82 Å². The van der Waals surface area contributed by atoms with Gasteiger partial charge in [0, 0.05) is 18.5 Å². The maximum Gasteiger partial charge on any atom is 0.220 e. The lowest BCUT2D eigenvalue weighted by molar-refractivity contribution is -0.124. The van der Waals surface area contributed by atoms with Gasteiger partial charge in [0.25, 0.3) is 0 Å². The van der Waals surface area contributed by atoms with Crippen LogP contribution in [0.3, 0.4) is 0 Å². The molecule has 2 N–H and O–H groups in total. The molecule has 1 aromatic carbocycles. The fourth-order valence-electron chi connectivity index (χ4n) is 5.16. The van der Waals surface area contributed by atoms with Crippen molar-refractivity contribution in [2.75, 3.05) is 0 Å².